The van der Waals surface area contributed by atoms with E-state index in [1.54, 1.807) is 0 Å². The second-order valence-electron chi connectivity index (χ2n) is 4.12. The number of Topliss-reactive ketones (excluding diaryl/α,β-unsaturated/α-hetero) is 1. The summed E-state index contributed by atoms with van der Waals surface area (Å²) in [6.45, 7) is 3.93. The maximum Gasteiger partial charge on any atom is 0.356 e. The topological polar surface area (TPSA) is 70.5 Å². The van der Waals surface area contributed by atoms with Crippen LogP contribution in [-0.2, 0) is 0 Å². The maximum atomic E-state index is 11.5. The van der Waals surface area contributed by atoms with E-state index in [9.17, 15) is 9.59 Å². The smallest absolute Gasteiger partial charge is 0.356 e. The monoisotopic (exact) mass is 290 g/mol. The lowest BCUT2D eigenvalue weighted by Crippen LogP contribution is -2.15. The largest absolute Gasteiger partial charge is 0.476 e. The van der Waals surface area contributed by atoms with E-state index in [0.717, 1.165) is 17.0 Å². The molecule has 2 aromatic rings. The fraction of sp³-hybridized carbons (Fsp3) is 0.214. The molecule has 1 aromatic heterocycles. The van der Waals surface area contributed by atoms with Crippen molar-refractivity contribution in [3.8, 4) is 0 Å². The molecule has 0 bridgehead atoms. The SMILES string of the molecule is CCN(c1ccccc1)c1nc(C(=O)O)c(C(C)=O)s1. The standard InChI is InChI=1S/C14H14N2O3S/c1-3-16(10-7-5-4-6-8-10)14-15-11(13(18)19)12(20-14)9(2)17/h4-8H,3H2,1-2H3,(H,18,19). The third kappa shape index (κ3) is 2.70. The van der Waals surface area contributed by atoms with Crippen LogP contribution in [0, 0.1) is 0 Å². The van der Waals surface area contributed by atoms with Gasteiger partial charge >= 0.3 is 5.97 Å². The second-order valence-corrected chi connectivity index (χ2v) is 5.09. The van der Waals surface area contributed by atoms with Gasteiger partial charge in [-0.15, -0.1) is 0 Å². The molecule has 1 heterocycles. The number of carboxylic acids is 1. The van der Waals surface area contributed by atoms with E-state index in [1.165, 1.54) is 6.92 Å². The highest BCUT2D eigenvalue weighted by Crippen LogP contribution is 2.31. The highest BCUT2D eigenvalue weighted by molar-refractivity contribution is 7.17. The molecular weight excluding hydrogens is 276 g/mol. The summed E-state index contributed by atoms with van der Waals surface area (Å²) in [4.78, 5) is 28.8. The van der Waals surface area contributed by atoms with Crippen LogP contribution in [0.25, 0.3) is 0 Å². The fourth-order valence-corrected chi connectivity index (χ4v) is 2.88. The van der Waals surface area contributed by atoms with Crippen LogP contribution in [0.2, 0.25) is 0 Å². The lowest BCUT2D eigenvalue weighted by molar-refractivity contribution is 0.0687. The van der Waals surface area contributed by atoms with Gasteiger partial charge in [0.1, 0.15) is 4.88 Å². The maximum absolute atomic E-state index is 11.5. The number of nitrogens with zero attached hydrogens (tertiary/aromatic N) is 2. The van der Waals surface area contributed by atoms with Crippen molar-refractivity contribution in [3.05, 3.63) is 40.9 Å². The minimum Gasteiger partial charge on any atom is -0.476 e. The molecule has 2 rings (SSSR count). The van der Waals surface area contributed by atoms with Crippen LogP contribution in [0.3, 0.4) is 0 Å². The van der Waals surface area contributed by atoms with Crippen molar-refractivity contribution in [2.45, 2.75) is 13.8 Å². The van der Waals surface area contributed by atoms with Crippen LogP contribution in [-0.4, -0.2) is 28.4 Å². The van der Waals surface area contributed by atoms with Gasteiger partial charge < -0.3 is 10.0 Å². The zero-order valence-electron chi connectivity index (χ0n) is 11.2. The van der Waals surface area contributed by atoms with Crippen LogP contribution in [0.4, 0.5) is 10.8 Å². The third-order valence-corrected chi connectivity index (χ3v) is 3.93. The van der Waals surface area contributed by atoms with Crippen LogP contribution < -0.4 is 4.90 Å². The van der Waals surface area contributed by atoms with E-state index in [-0.39, 0.29) is 16.4 Å². The number of benzene rings is 1. The van der Waals surface area contributed by atoms with Crippen LogP contribution >= 0.6 is 11.3 Å². The Morgan fingerprint density at radius 2 is 1.95 bits per heavy atom. The van der Waals surface area contributed by atoms with Crippen molar-refractivity contribution in [1.29, 1.82) is 0 Å². The molecule has 0 radical (unpaired) electrons. The van der Waals surface area contributed by atoms with Crippen LogP contribution in [0.15, 0.2) is 30.3 Å². The Bertz CT molecular complexity index is 606. The first-order chi connectivity index (χ1) is 9.54. The van der Waals surface area contributed by atoms with E-state index >= 15 is 0 Å². The molecule has 6 heteroatoms. The van der Waals surface area contributed by atoms with Gasteiger partial charge in [-0.1, -0.05) is 29.5 Å². The Hall–Kier alpha value is -2.21. The van der Waals surface area contributed by atoms with E-state index in [1.807, 2.05) is 42.2 Å². The molecule has 1 aromatic carbocycles. The quantitative estimate of drug-likeness (QED) is 0.856. The molecule has 0 aliphatic rings. The summed E-state index contributed by atoms with van der Waals surface area (Å²) in [5, 5.41) is 9.64. The molecule has 0 aliphatic heterocycles. The minimum atomic E-state index is -1.18. The summed E-state index contributed by atoms with van der Waals surface area (Å²) < 4.78 is 0. The third-order valence-electron chi connectivity index (χ3n) is 2.75. The van der Waals surface area contributed by atoms with Gasteiger partial charge in [-0.05, 0) is 19.1 Å². The number of hydrogen-bond acceptors (Lipinski definition) is 5. The molecule has 20 heavy (non-hydrogen) atoms. The normalized spacial score (nSPS) is 10.3. The highest BCUT2D eigenvalue weighted by atomic mass is 32.1. The lowest BCUT2D eigenvalue weighted by Gasteiger charge is -2.19. The van der Waals surface area contributed by atoms with Crippen molar-refractivity contribution < 1.29 is 14.7 Å². The minimum absolute atomic E-state index is 0.174. The molecule has 104 valence electrons. The molecule has 0 spiro atoms. The van der Waals surface area contributed by atoms with Gasteiger partial charge in [0.05, 0.1) is 0 Å². The van der Waals surface area contributed by atoms with E-state index < -0.39 is 5.97 Å². The first kappa shape index (κ1) is 14.2. The molecule has 0 saturated carbocycles. The average Bonchev–Trinajstić information content (AvgIpc) is 2.86. The Balaban J connectivity index is 2.49. The Kier molecular flexibility index (Phi) is 4.14. The second kappa shape index (κ2) is 5.83. The number of para-hydroxylation sites is 1. The Morgan fingerprint density at radius 1 is 1.30 bits per heavy atom. The summed E-state index contributed by atoms with van der Waals surface area (Å²) in [6.07, 6.45) is 0. The molecule has 0 fully saturated rings. The number of aromatic carboxylic acids is 1. The zero-order chi connectivity index (χ0) is 14.7. The van der Waals surface area contributed by atoms with E-state index in [0.29, 0.717) is 11.7 Å². The predicted octanol–water partition coefficient (Wildman–Crippen LogP) is 3.20. The molecule has 0 unspecified atom stereocenters. The Labute approximate surface area is 120 Å². The van der Waals surface area contributed by atoms with Crippen molar-refractivity contribution in [2.24, 2.45) is 0 Å². The number of rotatable bonds is 5. The van der Waals surface area contributed by atoms with Crippen LogP contribution in [0.1, 0.15) is 34.0 Å². The molecule has 5 nitrogen and oxygen atoms in total. The molecule has 0 atom stereocenters. The van der Waals surface area contributed by atoms with Gasteiger partial charge in [0, 0.05) is 19.2 Å². The summed E-state index contributed by atoms with van der Waals surface area (Å²) in [6, 6.07) is 9.53. The van der Waals surface area contributed by atoms with Gasteiger partial charge in [-0.25, -0.2) is 9.78 Å². The van der Waals surface area contributed by atoms with Crippen molar-refractivity contribution in [1.82, 2.24) is 4.98 Å². The van der Waals surface area contributed by atoms with Crippen LogP contribution in [0.5, 0.6) is 0 Å². The van der Waals surface area contributed by atoms with Gasteiger partial charge in [0.15, 0.2) is 16.6 Å². The number of carbonyl (C=O) groups excluding carboxylic acids is 1. The first-order valence-electron chi connectivity index (χ1n) is 6.12. The zero-order valence-corrected chi connectivity index (χ0v) is 12.0. The molecule has 1 N–H and O–H groups in total. The summed E-state index contributed by atoms with van der Waals surface area (Å²) >= 11 is 1.11. The summed E-state index contributed by atoms with van der Waals surface area (Å²) in [7, 11) is 0. The predicted molar refractivity (Wildman–Crippen MR) is 78.2 cm³/mol. The van der Waals surface area contributed by atoms with Crippen molar-refractivity contribution in [3.63, 3.8) is 0 Å². The number of carboxylic acid groups (broad SMARTS) is 1. The first-order valence-corrected chi connectivity index (χ1v) is 6.94. The average molecular weight is 290 g/mol. The van der Waals surface area contributed by atoms with Gasteiger partial charge in [-0.3, -0.25) is 4.79 Å². The van der Waals surface area contributed by atoms with E-state index in [2.05, 4.69) is 4.98 Å². The summed E-state index contributed by atoms with van der Waals surface area (Å²) in [5.74, 6) is -1.46. The number of anilines is 2. The molecule has 0 aliphatic carbocycles. The van der Waals surface area contributed by atoms with Gasteiger partial charge in [0.25, 0.3) is 0 Å². The molecular formula is C14H14N2O3S. The number of carbonyl (C=O) groups is 2. The number of hydrogen-bond donors (Lipinski definition) is 1. The molecule has 0 saturated heterocycles. The lowest BCUT2D eigenvalue weighted by atomic mass is 10.3. The molecule has 0 amide bonds. The number of ketones is 1. The van der Waals surface area contributed by atoms with E-state index in [4.69, 9.17) is 5.11 Å². The Morgan fingerprint density at radius 3 is 2.40 bits per heavy atom. The highest BCUT2D eigenvalue weighted by Gasteiger charge is 2.23. The van der Waals surface area contributed by atoms with Crippen molar-refractivity contribution in [2.75, 3.05) is 11.4 Å². The number of aromatic nitrogens is 1. The van der Waals surface area contributed by atoms with Gasteiger partial charge in [-0.2, -0.15) is 0 Å². The van der Waals surface area contributed by atoms with Gasteiger partial charge in [0.2, 0.25) is 0 Å². The summed E-state index contributed by atoms with van der Waals surface area (Å²) in [5.41, 5.74) is 0.739. The van der Waals surface area contributed by atoms with Crippen molar-refractivity contribution >= 4 is 33.9 Å². The number of thiazole rings is 1. The fourth-order valence-electron chi connectivity index (χ4n) is 1.84.